The summed E-state index contributed by atoms with van der Waals surface area (Å²) in [5, 5.41) is 4.05. The lowest BCUT2D eigenvalue weighted by Crippen LogP contribution is -2.19. The van der Waals surface area contributed by atoms with Gasteiger partial charge in [-0.25, -0.2) is 12.4 Å². The van der Waals surface area contributed by atoms with E-state index < -0.39 is 10.0 Å². The van der Waals surface area contributed by atoms with E-state index in [4.69, 9.17) is 27.9 Å². The first kappa shape index (κ1) is 22.2. The van der Waals surface area contributed by atoms with Gasteiger partial charge < -0.3 is 10.1 Å². The summed E-state index contributed by atoms with van der Waals surface area (Å²) in [6, 6.07) is 17.9. The number of nitrogens with zero attached hydrogens (tertiary/aromatic N) is 1. The number of likely N-dealkylation sites (N-methyl/N-ethyl adjacent to an activating group) is 1. The first-order chi connectivity index (χ1) is 15.3. The van der Waals surface area contributed by atoms with Crippen molar-refractivity contribution in [2.24, 2.45) is 0 Å². The maximum absolute atomic E-state index is 13.4. The third kappa shape index (κ3) is 4.32. The second kappa shape index (κ2) is 8.86. The standard InChI is InChI=1S/C23H18Cl2N2O4S/c1-26-23(28)12-15-14-27(21-11-6-16(24)13-19(15)21)32(29,30)18-9-7-17(8-10-18)31-22-5-3-2-4-20(22)25/h2-11,13-14H,12H2,1H3,(H,26,28). The van der Waals surface area contributed by atoms with Gasteiger partial charge >= 0.3 is 0 Å². The van der Waals surface area contributed by atoms with Crippen LogP contribution in [0, 0.1) is 0 Å². The SMILES string of the molecule is CNC(=O)Cc1cn(S(=O)(=O)c2ccc(Oc3ccccc3Cl)cc2)c2ccc(Cl)cc12. The number of amides is 1. The van der Waals surface area contributed by atoms with Gasteiger partial charge in [-0.2, -0.15) is 0 Å². The van der Waals surface area contributed by atoms with Crippen molar-refractivity contribution in [2.45, 2.75) is 11.3 Å². The van der Waals surface area contributed by atoms with Gasteiger partial charge in [0, 0.05) is 23.7 Å². The molecular formula is C23H18Cl2N2O4S. The number of aromatic nitrogens is 1. The van der Waals surface area contributed by atoms with E-state index in [-0.39, 0.29) is 17.2 Å². The number of carbonyl (C=O) groups excluding carboxylic acids is 1. The van der Waals surface area contributed by atoms with Gasteiger partial charge in [-0.15, -0.1) is 0 Å². The predicted octanol–water partition coefficient (Wildman–Crippen LogP) is 5.27. The lowest BCUT2D eigenvalue weighted by molar-refractivity contribution is -0.119. The summed E-state index contributed by atoms with van der Waals surface area (Å²) in [7, 11) is -2.41. The molecule has 0 saturated heterocycles. The van der Waals surface area contributed by atoms with Gasteiger partial charge in [0.15, 0.2) is 0 Å². The summed E-state index contributed by atoms with van der Waals surface area (Å²) in [5.74, 6) is 0.681. The largest absolute Gasteiger partial charge is 0.456 e. The smallest absolute Gasteiger partial charge is 0.268 e. The Kier molecular flexibility index (Phi) is 6.15. The van der Waals surface area contributed by atoms with Crippen molar-refractivity contribution in [1.82, 2.24) is 9.29 Å². The van der Waals surface area contributed by atoms with Crippen molar-refractivity contribution in [2.75, 3.05) is 7.05 Å². The fourth-order valence-electron chi connectivity index (χ4n) is 3.29. The number of hydrogen-bond acceptors (Lipinski definition) is 4. The number of halogens is 2. The number of hydrogen-bond donors (Lipinski definition) is 1. The molecule has 0 bridgehead atoms. The average molecular weight is 489 g/mol. The average Bonchev–Trinajstić information content (AvgIpc) is 3.14. The van der Waals surface area contributed by atoms with Gasteiger partial charge in [0.2, 0.25) is 5.91 Å². The van der Waals surface area contributed by atoms with E-state index in [0.29, 0.717) is 38.0 Å². The topological polar surface area (TPSA) is 77.4 Å². The number of ether oxygens (including phenoxy) is 1. The molecule has 1 heterocycles. The van der Waals surface area contributed by atoms with E-state index in [1.165, 1.54) is 29.3 Å². The van der Waals surface area contributed by atoms with Crippen LogP contribution in [0.5, 0.6) is 11.5 Å². The van der Waals surface area contributed by atoms with E-state index in [1.807, 2.05) is 0 Å². The Balaban J connectivity index is 1.72. The Morgan fingerprint density at radius 3 is 2.44 bits per heavy atom. The minimum absolute atomic E-state index is 0.0282. The first-order valence-electron chi connectivity index (χ1n) is 9.57. The van der Waals surface area contributed by atoms with Crippen molar-refractivity contribution in [1.29, 1.82) is 0 Å². The number of para-hydroxylation sites is 1. The summed E-state index contributed by atoms with van der Waals surface area (Å²) in [6.07, 6.45) is 1.49. The highest BCUT2D eigenvalue weighted by Gasteiger charge is 2.22. The molecule has 4 aromatic rings. The molecule has 0 aliphatic rings. The second-order valence-electron chi connectivity index (χ2n) is 6.97. The molecule has 0 aliphatic heterocycles. The second-order valence-corrected chi connectivity index (χ2v) is 9.63. The van der Waals surface area contributed by atoms with Crippen LogP contribution in [0.3, 0.4) is 0 Å². The number of carbonyl (C=O) groups is 1. The molecule has 0 spiro atoms. The number of benzene rings is 3. The monoisotopic (exact) mass is 488 g/mol. The molecule has 32 heavy (non-hydrogen) atoms. The van der Waals surface area contributed by atoms with Gasteiger partial charge in [0.05, 0.1) is 21.9 Å². The van der Waals surface area contributed by atoms with Crippen molar-refractivity contribution in [3.63, 3.8) is 0 Å². The Morgan fingerprint density at radius 2 is 1.75 bits per heavy atom. The highest BCUT2D eigenvalue weighted by molar-refractivity contribution is 7.90. The van der Waals surface area contributed by atoms with Crippen LogP contribution in [-0.2, 0) is 21.2 Å². The fourth-order valence-corrected chi connectivity index (χ4v) is 5.02. The highest BCUT2D eigenvalue weighted by atomic mass is 35.5. The van der Waals surface area contributed by atoms with Crippen LogP contribution < -0.4 is 10.1 Å². The number of nitrogens with one attached hydrogen (secondary N) is 1. The molecule has 0 radical (unpaired) electrons. The van der Waals surface area contributed by atoms with Gasteiger partial charge in [0.1, 0.15) is 11.5 Å². The molecule has 9 heteroatoms. The van der Waals surface area contributed by atoms with E-state index in [0.717, 1.165) is 0 Å². The third-order valence-corrected chi connectivity index (χ3v) is 7.13. The molecule has 0 unspecified atom stereocenters. The molecule has 6 nitrogen and oxygen atoms in total. The van der Waals surface area contributed by atoms with Crippen molar-refractivity contribution >= 4 is 50.0 Å². The van der Waals surface area contributed by atoms with Crippen LogP contribution in [0.15, 0.2) is 77.8 Å². The summed E-state index contributed by atoms with van der Waals surface area (Å²) in [5.41, 5.74) is 0.994. The number of fused-ring (bicyclic) bond motifs is 1. The maximum atomic E-state index is 13.4. The Labute approximate surface area is 195 Å². The van der Waals surface area contributed by atoms with Crippen molar-refractivity contribution in [3.8, 4) is 11.5 Å². The normalized spacial score (nSPS) is 11.5. The minimum atomic E-state index is -3.94. The van der Waals surface area contributed by atoms with Crippen LogP contribution >= 0.6 is 23.2 Å². The predicted molar refractivity (Wildman–Crippen MR) is 125 cm³/mol. The summed E-state index contributed by atoms with van der Waals surface area (Å²) in [6.45, 7) is 0. The minimum Gasteiger partial charge on any atom is -0.456 e. The lowest BCUT2D eigenvalue weighted by Gasteiger charge is -2.10. The zero-order valence-corrected chi connectivity index (χ0v) is 19.2. The molecule has 0 atom stereocenters. The molecular weight excluding hydrogens is 471 g/mol. The molecule has 3 aromatic carbocycles. The molecule has 0 saturated carbocycles. The zero-order valence-electron chi connectivity index (χ0n) is 16.9. The molecule has 1 amide bonds. The van der Waals surface area contributed by atoms with Crippen LogP contribution in [0.25, 0.3) is 10.9 Å². The van der Waals surface area contributed by atoms with Crippen LogP contribution in [0.1, 0.15) is 5.56 Å². The molecule has 1 aromatic heterocycles. The Morgan fingerprint density at radius 1 is 1.03 bits per heavy atom. The molecule has 0 fully saturated rings. The highest BCUT2D eigenvalue weighted by Crippen LogP contribution is 2.31. The molecule has 0 aliphatic carbocycles. The van der Waals surface area contributed by atoms with Gasteiger partial charge in [-0.05, 0) is 60.2 Å². The van der Waals surface area contributed by atoms with Crippen molar-refractivity contribution < 1.29 is 17.9 Å². The van der Waals surface area contributed by atoms with Crippen LogP contribution in [-0.4, -0.2) is 25.3 Å². The van der Waals surface area contributed by atoms with Gasteiger partial charge in [-0.3, -0.25) is 4.79 Å². The van der Waals surface area contributed by atoms with Crippen LogP contribution in [0.4, 0.5) is 0 Å². The molecule has 4 rings (SSSR count). The summed E-state index contributed by atoms with van der Waals surface area (Å²) in [4.78, 5) is 12.0. The Bertz CT molecular complexity index is 1410. The first-order valence-corrected chi connectivity index (χ1v) is 11.8. The maximum Gasteiger partial charge on any atom is 0.268 e. The van der Waals surface area contributed by atoms with Gasteiger partial charge in [-0.1, -0.05) is 35.3 Å². The van der Waals surface area contributed by atoms with Gasteiger partial charge in [0.25, 0.3) is 10.0 Å². The fraction of sp³-hybridized carbons (Fsp3) is 0.0870. The third-order valence-electron chi connectivity index (χ3n) is 4.89. The summed E-state index contributed by atoms with van der Waals surface area (Å²) >= 11 is 12.2. The molecule has 164 valence electrons. The molecule has 1 N–H and O–H groups in total. The van der Waals surface area contributed by atoms with Crippen LogP contribution in [0.2, 0.25) is 10.0 Å². The van der Waals surface area contributed by atoms with E-state index in [1.54, 1.807) is 54.6 Å². The Hall–Kier alpha value is -3.00. The zero-order chi connectivity index (χ0) is 22.9. The van der Waals surface area contributed by atoms with Crippen molar-refractivity contribution in [3.05, 3.63) is 88.5 Å². The number of rotatable bonds is 6. The van der Waals surface area contributed by atoms with E-state index in [9.17, 15) is 13.2 Å². The summed E-state index contributed by atoms with van der Waals surface area (Å²) < 4.78 is 33.7. The lowest BCUT2D eigenvalue weighted by atomic mass is 10.1. The van der Waals surface area contributed by atoms with E-state index in [2.05, 4.69) is 5.32 Å². The van der Waals surface area contributed by atoms with E-state index >= 15 is 0 Å². The quantitative estimate of drug-likeness (QED) is 0.401.